The summed E-state index contributed by atoms with van der Waals surface area (Å²) in [5, 5.41) is 3.99. The second-order valence-corrected chi connectivity index (χ2v) is 5.11. The van der Waals surface area contributed by atoms with Crippen molar-refractivity contribution in [3.05, 3.63) is 42.0 Å². The Kier molecular flexibility index (Phi) is 3.23. The fraction of sp³-hybridized carbons (Fsp3) is 0.182. The molecule has 2 rings (SSSR count). The average molecular weight is 253 g/mol. The number of nitrogen functional groups attached to an aromatic ring is 1. The number of rotatable bonds is 3. The van der Waals surface area contributed by atoms with Crippen LogP contribution >= 0.6 is 0 Å². The molecule has 0 radical (unpaired) electrons. The SMILES string of the molecule is Cn1cc(CS(=O)c2ccc(F)cc2N)cn1. The van der Waals surface area contributed by atoms with Crippen molar-refractivity contribution in [1.82, 2.24) is 9.78 Å². The largest absolute Gasteiger partial charge is 0.398 e. The molecular formula is C11H12FN3OS. The molecule has 0 fully saturated rings. The molecule has 4 nitrogen and oxygen atoms in total. The van der Waals surface area contributed by atoms with Gasteiger partial charge in [0.25, 0.3) is 0 Å². The highest BCUT2D eigenvalue weighted by Crippen LogP contribution is 2.19. The second-order valence-electron chi connectivity index (χ2n) is 3.69. The smallest absolute Gasteiger partial charge is 0.125 e. The van der Waals surface area contributed by atoms with Gasteiger partial charge in [0.1, 0.15) is 5.82 Å². The molecule has 1 unspecified atom stereocenters. The van der Waals surface area contributed by atoms with E-state index in [1.54, 1.807) is 24.1 Å². The van der Waals surface area contributed by atoms with Crippen LogP contribution in [0.4, 0.5) is 10.1 Å². The van der Waals surface area contributed by atoms with Crippen LogP contribution in [0.25, 0.3) is 0 Å². The zero-order valence-electron chi connectivity index (χ0n) is 9.26. The van der Waals surface area contributed by atoms with Crippen LogP contribution in [0.3, 0.4) is 0 Å². The van der Waals surface area contributed by atoms with E-state index in [4.69, 9.17) is 5.73 Å². The Morgan fingerprint density at radius 2 is 2.29 bits per heavy atom. The van der Waals surface area contributed by atoms with Crippen molar-refractivity contribution in [1.29, 1.82) is 0 Å². The molecule has 0 saturated carbocycles. The van der Waals surface area contributed by atoms with E-state index in [1.165, 1.54) is 18.2 Å². The Morgan fingerprint density at radius 1 is 1.53 bits per heavy atom. The minimum absolute atomic E-state index is 0.215. The predicted molar refractivity (Wildman–Crippen MR) is 64.1 cm³/mol. The van der Waals surface area contributed by atoms with Crippen LogP contribution in [0.2, 0.25) is 0 Å². The molecule has 0 aliphatic carbocycles. The summed E-state index contributed by atoms with van der Waals surface area (Å²) in [6.07, 6.45) is 3.44. The highest BCUT2D eigenvalue weighted by molar-refractivity contribution is 7.84. The third kappa shape index (κ3) is 2.71. The van der Waals surface area contributed by atoms with Crippen molar-refractivity contribution in [2.45, 2.75) is 10.6 Å². The predicted octanol–water partition coefficient (Wildman–Crippen LogP) is 1.45. The third-order valence-electron chi connectivity index (χ3n) is 2.27. The molecule has 6 heteroatoms. The summed E-state index contributed by atoms with van der Waals surface area (Å²) in [6.45, 7) is 0. The standard InChI is InChI=1S/C11H12FN3OS/c1-15-6-8(5-14-15)7-17(16)11-3-2-9(12)4-10(11)13/h2-6H,7,13H2,1H3. The van der Waals surface area contributed by atoms with Gasteiger partial charge < -0.3 is 5.73 Å². The molecule has 1 aromatic carbocycles. The first-order chi connectivity index (χ1) is 8.06. The van der Waals surface area contributed by atoms with E-state index in [1.807, 2.05) is 0 Å². The lowest BCUT2D eigenvalue weighted by molar-refractivity contribution is 0.627. The van der Waals surface area contributed by atoms with Crippen molar-refractivity contribution in [2.24, 2.45) is 7.05 Å². The molecule has 0 aliphatic heterocycles. The summed E-state index contributed by atoms with van der Waals surface area (Å²) in [5.74, 6) is -0.103. The van der Waals surface area contributed by atoms with Gasteiger partial charge >= 0.3 is 0 Å². The molecule has 1 atom stereocenters. The molecule has 1 aromatic heterocycles. The monoisotopic (exact) mass is 253 g/mol. The summed E-state index contributed by atoms with van der Waals surface area (Å²) >= 11 is 0. The normalized spacial score (nSPS) is 12.6. The summed E-state index contributed by atoms with van der Waals surface area (Å²) in [4.78, 5) is 0.454. The van der Waals surface area contributed by atoms with Crippen molar-refractivity contribution in [3.8, 4) is 0 Å². The van der Waals surface area contributed by atoms with E-state index in [0.717, 1.165) is 5.56 Å². The quantitative estimate of drug-likeness (QED) is 0.842. The number of nitrogens with zero attached hydrogens (tertiary/aromatic N) is 2. The van der Waals surface area contributed by atoms with E-state index in [2.05, 4.69) is 5.10 Å². The Bertz CT molecular complexity index is 568. The zero-order valence-corrected chi connectivity index (χ0v) is 10.1. The topological polar surface area (TPSA) is 60.9 Å². The van der Waals surface area contributed by atoms with E-state index in [9.17, 15) is 8.60 Å². The Morgan fingerprint density at radius 3 is 2.88 bits per heavy atom. The third-order valence-corrected chi connectivity index (χ3v) is 3.73. The van der Waals surface area contributed by atoms with Gasteiger partial charge in [-0.1, -0.05) is 0 Å². The number of hydrogen-bond donors (Lipinski definition) is 1. The molecule has 0 aliphatic rings. The van der Waals surface area contributed by atoms with Crippen molar-refractivity contribution < 1.29 is 8.60 Å². The van der Waals surface area contributed by atoms with Crippen LogP contribution in [0.1, 0.15) is 5.56 Å². The van der Waals surface area contributed by atoms with Crippen molar-refractivity contribution in [3.63, 3.8) is 0 Å². The van der Waals surface area contributed by atoms with E-state index in [-0.39, 0.29) is 5.69 Å². The highest BCUT2D eigenvalue weighted by atomic mass is 32.2. The maximum Gasteiger partial charge on any atom is 0.125 e. The van der Waals surface area contributed by atoms with Crippen LogP contribution in [0.15, 0.2) is 35.5 Å². The van der Waals surface area contributed by atoms with Gasteiger partial charge in [-0.2, -0.15) is 5.10 Å². The number of halogens is 1. The highest BCUT2D eigenvalue weighted by Gasteiger charge is 2.10. The number of aromatic nitrogens is 2. The van der Waals surface area contributed by atoms with Gasteiger partial charge in [0.15, 0.2) is 0 Å². The van der Waals surface area contributed by atoms with Crippen molar-refractivity contribution in [2.75, 3.05) is 5.73 Å². The lowest BCUT2D eigenvalue weighted by Crippen LogP contribution is -2.01. The van der Waals surface area contributed by atoms with E-state index in [0.29, 0.717) is 10.6 Å². The summed E-state index contributed by atoms with van der Waals surface area (Å²) in [6, 6.07) is 3.89. The van der Waals surface area contributed by atoms with Gasteiger partial charge in [0, 0.05) is 18.8 Å². The minimum Gasteiger partial charge on any atom is -0.398 e. The summed E-state index contributed by atoms with van der Waals surface area (Å²) in [5.41, 5.74) is 6.70. The number of benzene rings is 1. The van der Waals surface area contributed by atoms with Crippen molar-refractivity contribution >= 4 is 16.5 Å². The zero-order chi connectivity index (χ0) is 12.4. The Balaban J connectivity index is 2.20. The van der Waals surface area contributed by atoms with Crippen LogP contribution in [-0.2, 0) is 23.6 Å². The maximum absolute atomic E-state index is 12.8. The first kappa shape index (κ1) is 11.8. The minimum atomic E-state index is -1.29. The summed E-state index contributed by atoms with van der Waals surface area (Å²) in [7, 11) is 0.504. The van der Waals surface area contributed by atoms with Crippen LogP contribution in [-0.4, -0.2) is 14.0 Å². The van der Waals surface area contributed by atoms with E-state index < -0.39 is 16.6 Å². The number of anilines is 1. The molecule has 0 saturated heterocycles. The number of hydrogen-bond acceptors (Lipinski definition) is 3. The molecule has 0 spiro atoms. The summed E-state index contributed by atoms with van der Waals surface area (Å²) < 4.78 is 26.5. The Labute approximate surface area is 101 Å². The Hall–Kier alpha value is -1.69. The number of aryl methyl sites for hydroxylation is 1. The maximum atomic E-state index is 12.8. The van der Waals surface area contributed by atoms with Gasteiger partial charge in [0.2, 0.25) is 0 Å². The number of nitrogens with two attached hydrogens (primary N) is 1. The van der Waals surface area contributed by atoms with Gasteiger partial charge in [-0.15, -0.1) is 0 Å². The van der Waals surface area contributed by atoms with Crippen LogP contribution in [0.5, 0.6) is 0 Å². The molecule has 2 aromatic rings. The average Bonchev–Trinajstić information content (AvgIpc) is 2.63. The molecular weight excluding hydrogens is 241 g/mol. The molecule has 90 valence electrons. The first-order valence-corrected chi connectivity index (χ1v) is 6.29. The molecule has 0 bridgehead atoms. The second kappa shape index (κ2) is 4.67. The van der Waals surface area contributed by atoms with Crippen LogP contribution in [0, 0.1) is 5.82 Å². The lowest BCUT2D eigenvalue weighted by Gasteiger charge is -2.04. The molecule has 17 heavy (non-hydrogen) atoms. The van der Waals surface area contributed by atoms with E-state index >= 15 is 0 Å². The van der Waals surface area contributed by atoms with Gasteiger partial charge in [-0.25, -0.2) is 4.39 Å². The first-order valence-electron chi connectivity index (χ1n) is 4.97. The fourth-order valence-corrected chi connectivity index (χ4v) is 2.65. The molecule has 2 N–H and O–H groups in total. The molecule has 0 amide bonds. The van der Waals surface area contributed by atoms with Gasteiger partial charge in [0.05, 0.1) is 33.3 Å². The molecule has 1 heterocycles. The van der Waals surface area contributed by atoms with Gasteiger partial charge in [-0.3, -0.25) is 8.89 Å². The van der Waals surface area contributed by atoms with Crippen LogP contribution < -0.4 is 5.73 Å². The van der Waals surface area contributed by atoms with Gasteiger partial charge in [-0.05, 0) is 18.2 Å². The fourth-order valence-electron chi connectivity index (χ4n) is 1.50. The lowest BCUT2D eigenvalue weighted by atomic mass is 10.3.